The highest BCUT2D eigenvalue weighted by molar-refractivity contribution is 5.93. The molecule has 2 amide bonds. The maximum absolute atomic E-state index is 13.0. The summed E-state index contributed by atoms with van der Waals surface area (Å²) in [5.74, 6) is -2.64. The number of rotatable bonds is 8. The molecule has 0 spiro atoms. The molecule has 8 nitrogen and oxygen atoms in total. The van der Waals surface area contributed by atoms with Gasteiger partial charge in [-0.15, -0.1) is 0 Å². The van der Waals surface area contributed by atoms with Gasteiger partial charge in [0.15, 0.2) is 0 Å². The number of ether oxygens (including phenoxy) is 1. The number of alkyl halides is 2. The van der Waals surface area contributed by atoms with Gasteiger partial charge < -0.3 is 15.2 Å². The van der Waals surface area contributed by atoms with Gasteiger partial charge >= 0.3 is 12.1 Å². The molecule has 180 valence electrons. The van der Waals surface area contributed by atoms with Crippen molar-refractivity contribution in [3.63, 3.8) is 0 Å². The first-order chi connectivity index (χ1) is 16.8. The third-order valence-corrected chi connectivity index (χ3v) is 5.57. The standard InChI is InChI=1S/C25H21F2N3O5/c26-23(27)20(12-22(31)32)29-24(33)19-10-5-11-21(28-19)30-25(34)35-13-18-16-8-3-1-6-14(16)15-7-2-4-9-17(15)18/h1-11,18,20,23H,12-13H2,(H,29,33)(H,31,32)(H,28,30,34). The molecule has 10 heteroatoms. The van der Waals surface area contributed by atoms with E-state index < -0.39 is 36.9 Å². The lowest BCUT2D eigenvalue weighted by atomic mass is 9.98. The number of fused-ring (bicyclic) bond motifs is 3. The number of carboxylic acid groups (broad SMARTS) is 1. The van der Waals surface area contributed by atoms with Crippen LogP contribution in [0.3, 0.4) is 0 Å². The van der Waals surface area contributed by atoms with Crippen LogP contribution in [0.2, 0.25) is 0 Å². The molecular formula is C25H21F2N3O5. The van der Waals surface area contributed by atoms with Gasteiger partial charge in [-0.1, -0.05) is 54.6 Å². The summed E-state index contributed by atoms with van der Waals surface area (Å²) in [6.07, 6.45) is -4.81. The van der Waals surface area contributed by atoms with Crippen molar-refractivity contribution in [1.82, 2.24) is 10.3 Å². The van der Waals surface area contributed by atoms with Gasteiger partial charge in [0.2, 0.25) is 0 Å². The molecule has 0 radical (unpaired) electrons. The first kappa shape index (κ1) is 23.8. The summed E-state index contributed by atoms with van der Waals surface area (Å²) in [4.78, 5) is 39.4. The van der Waals surface area contributed by atoms with Crippen molar-refractivity contribution < 1.29 is 33.0 Å². The summed E-state index contributed by atoms with van der Waals surface area (Å²) in [7, 11) is 0. The average molecular weight is 481 g/mol. The number of anilines is 1. The fourth-order valence-corrected chi connectivity index (χ4v) is 4.00. The monoisotopic (exact) mass is 481 g/mol. The Bertz CT molecular complexity index is 1220. The van der Waals surface area contributed by atoms with Crippen LogP contribution in [-0.4, -0.2) is 47.1 Å². The smallest absolute Gasteiger partial charge is 0.412 e. The third kappa shape index (κ3) is 5.43. The number of benzene rings is 2. The second-order valence-electron chi connectivity index (χ2n) is 7.87. The van der Waals surface area contributed by atoms with Gasteiger partial charge in [-0.2, -0.15) is 0 Å². The van der Waals surface area contributed by atoms with E-state index in [1.165, 1.54) is 18.2 Å². The Labute approximate surface area is 199 Å². The predicted octanol–water partition coefficient (Wildman–Crippen LogP) is 4.28. The Morgan fingerprint density at radius 2 is 1.57 bits per heavy atom. The Morgan fingerprint density at radius 3 is 2.17 bits per heavy atom. The van der Waals surface area contributed by atoms with Gasteiger partial charge in [0.25, 0.3) is 12.3 Å². The summed E-state index contributed by atoms with van der Waals surface area (Å²) < 4.78 is 31.5. The average Bonchev–Trinajstić information content (AvgIpc) is 3.16. The summed E-state index contributed by atoms with van der Waals surface area (Å²) in [5, 5.41) is 13.1. The minimum absolute atomic E-state index is 0.0262. The number of carbonyl (C=O) groups is 3. The van der Waals surface area contributed by atoms with Crippen LogP contribution in [0, 0.1) is 0 Å². The molecule has 0 bridgehead atoms. The van der Waals surface area contributed by atoms with Crippen LogP contribution >= 0.6 is 0 Å². The van der Waals surface area contributed by atoms with Crippen molar-refractivity contribution in [2.45, 2.75) is 24.8 Å². The normalized spacial score (nSPS) is 13.0. The topological polar surface area (TPSA) is 118 Å². The zero-order valence-electron chi connectivity index (χ0n) is 18.3. The van der Waals surface area contributed by atoms with E-state index in [0.29, 0.717) is 0 Å². The van der Waals surface area contributed by atoms with Crippen LogP contribution in [0.1, 0.15) is 34.0 Å². The summed E-state index contributed by atoms with van der Waals surface area (Å²) in [6, 6.07) is 17.9. The maximum atomic E-state index is 13.0. The summed E-state index contributed by atoms with van der Waals surface area (Å²) in [6.45, 7) is 0.0747. The molecule has 4 rings (SSSR count). The molecule has 1 aromatic heterocycles. The summed E-state index contributed by atoms with van der Waals surface area (Å²) >= 11 is 0. The van der Waals surface area contributed by atoms with Crippen molar-refractivity contribution in [2.75, 3.05) is 11.9 Å². The molecule has 1 atom stereocenters. The first-order valence-electron chi connectivity index (χ1n) is 10.7. The van der Waals surface area contributed by atoms with E-state index in [9.17, 15) is 23.2 Å². The molecule has 0 fully saturated rings. The molecular weight excluding hydrogens is 460 g/mol. The Balaban J connectivity index is 1.39. The number of amides is 2. The van der Waals surface area contributed by atoms with Crippen molar-refractivity contribution >= 4 is 23.8 Å². The molecule has 0 aliphatic heterocycles. The predicted molar refractivity (Wildman–Crippen MR) is 122 cm³/mol. The third-order valence-electron chi connectivity index (χ3n) is 5.57. The lowest BCUT2D eigenvalue weighted by molar-refractivity contribution is -0.138. The number of carbonyl (C=O) groups excluding carboxylic acids is 2. The number of pyridine rings is 1. The van der Waals surface area contributed by atoms with Gasteiger partial charge in [-0.3, -0.25) is 14.9 Å². The zero-order chi connectivity index (χ0) is 24.9. The Kier molecular flexibility index (Phi) is 7.00. The SMILES string of the molecule is O=C(O)CC(NC(=O)c1cccc(NC(=O)OCC2c3ccccc3-c3ccccc32)n1)C(F)F. The lowest BCUT2D eigenvalue weighted by Crippen LogP contribution is -2.41. The number of halogens is 2. The fourth-order valence-electron chi connectivity index (χ4n) is 4.00. The van der Waals surface area contributed by atoms with Crippen LogP contribution in [-0.2, 0) is 9.53 Å². The van der Waals surface area contributed by atoms with Gasteiger partial charge in [-0.05, 0) is 34.4 Å². The van der Waals surface area contributed by atoms with E-state index >= 15 is 0 Å². The minimum Gasteiger partial charge on any atom is -0.481 e. The molecule has 1 unspecified atom stereocenters. The van der Waals surface area contributed by atoms with Gasteiger partial charge in [-0.25, -0.2) is 18.6 Å². The van der Waals surface area contributed by atoms with Crippen molar-refractivity contribution in [3.05, 3.63) is 83.6 Å². The number of aromatic nitrogens is 1. The van der Waals surface area contributed by atoms with E-state index in [2.05, 4.69) is 10.3 Å². The molecule has 1 heterocycles. The number of hydrogen-bond acceptors (Lipinski definition) is 5. The van der Waals surface area contributed by atoms with E-state index in [-0.39, 0.29) is 24.0 Å². The first-order valence-corrected chi connectivity index (χ1v) is 10.7. The van der Waals surface area contributed by atoms with Gasteiger partial charge in [0, 0.05) is 5.92 Å². The largest absolute Gasteiger partial charge is 0.481 e. The Morgan fingerprint density at radius 1 is 0.943 bits per heavy atom. The van der Waals surface area contributed by atoms with Crippen molar-refractivity contribution in [2.24, 2.45) is 0 Å². The minimum atomic E-state index is -3.07. The van der Waals surface area contributed by atoms with Gasteiger partial charge in [0.1, 0.15) is 24.2 Å². The maximum Gasteiger partial charge on any atom is 0.412 e. The van der Waals surface area contributed by atoms with Crippen molar-refractivity contribution in [3.8, 4) is 11.1 Å². The number of nitrogens with zero attached hydrogens (tertiary/aromatic N) is 1. The molecule has 0 saturated heterocycles. The lowest BCUT2D eigenvalue weighted by Gasteiger charge is -2.16. The van der Waals surface area contributed by atoms with E-state index in [4.69, 9.17) is 9.84 Å². The molecule has 2 aromatic carbocycles. The second-order valence-corrected chi connectivity index (χ2v) is 7.87. The molecule has 3 N–H and O–H groups in total. The molecule has 3 aromatic rings. The van der Waals surface area contributed by atoms with Crippen LogP contribution in [0.25, 0.3) is 11.1 Å². The fraction of sp³-hybridized carbons (Fsp3) is 0.200. The highest BCUT2D eigenvalue weighted by Crippen LogP contribution is 2.44. The number of aliphatic carboxylic acids is 1. The summed E-state index contributed by atoms with van der Waals surface area (Å²) in [5.41, 5.74) is 4.00. The quantitative estimate of drug-likeness (QED) is 0.442. The van der Waals surface area contributed by atoms with Crippen LogP contribution in [0.5, 0.6) is 0 Å². The molecule has 1 aliphatic carbocycles. The highest BCUT2D eigenvalue weighted by atomic mass is 19.3. The van der Waals surface area contributed by atoms with Crippen LogP contribution < -0.4 is 10.6 Å². The van der Waals surface area contributed by atoms with Gasteiger partial charge in [0.05, 0.1) is 6.42 Å². The Hall–Kier alpha value is -4.34. The molecule has 1 aliphatic rings. The van der Waals surface area contributed by atoms with Crippen LogP contribution in [0.15, 0.2) is 66.7 Å². The van der Waals surface area contributed by atoms with Crippen molar-refractivity contribution in [1.29, 1.82) is 0 Å². The van der Waals surface area contributed by atoms with Crippen LogP contribution in [0.4, 0.5) is 19.4 Å². The highest BCUT2D eigenvalue weighted by Gasteiger charge is 2.29. The van der Waals surface area contributed by atoms with E-state index in [1.807, 2.05) is 53.8 Å². The number of nitrogens with one attached hydrogen (secondary N) is 2. The molecule has 35 heavy (non-hydrogen) atoms. The van der Waals surface area contributed by atoms with E-state index in [1.54, 1.807) is 0 Å². The number of hydrogen-bond donors (Lipinski definition) is 3. The number of carboxylic acids is 1. The zero-order valence-corrected chi connectivity index (χ0v) is 18.3. The van der Waals surface area contributed by atoms with E-state index in [0.717, 1.165) is 22.3 Å². The second kappa shape index (κ2) is 10.3. The molecule has 0 saturated carbocycles.